The fraction of sp³-hybridized carbons (Fsp3) is 0.133. The molecule has 0 spiro atoms. The molecule has 21 heavy (non-hydrogen) atoms. The molecular formula is C15H13BrClN3S. The molecule has 0 aliphatic carbocycles. The minimum atomic E-state index is 0.189. The molecule has 6 heteroatoms. The first-order valence-electron chi connectivity index (χ1n) is 6.44. The molecule has 108 valence electrons. The molecule has 1 unspecified atom stereocenters. The van der Waals surface area contributed by atoms with E-state index in [0.717, 1.165) is 15.8 Å². The molecular weight excluding hydrogens is 370 g/mol. The van der Waals surface area contributed by atoms with Gasteiger partial charge in [0.1, 0.15) is 5.69 Å². The van der Waals surface area contributed by atoms with Crippen LogP contribution in [0.5, 0.6) is 0 Å². The summed E-state index contributed by atoms with van der Waals surface area (Å²) in [6.07, 6.45) is 3.63. The van der Waals surface area contributed by atoms with Gasteiger partial charge in [-0.15, -0.1) is 11.3 Å². The molecule has 0 saturated heterocycles. The molecule has 2 heterocycles. The van der Waals surface area contributed by atoms with Gasteiger partial charge in [-0.3, -0.25) is 0 Å². The highest BCUT2D eigenvalue weighted by atomic mass is 79.9. The van der Waals surface area contributed by atoms with Crippen molar-refractivity contribution in [3.8, 4) is 5.69 Å². The summed E-state index contributed by atoms with van der Waals surface area (Å²) in [5, 5.41) is 10.5. The van der Waals surface area contributed by atoms with Crippen LogP contribution in [0.15, 0.2) is 52.6 Å². The molecule has 0 saturated carbocycles. The van der Waals surface area contributed by atoms with Crippen molar-refractivity contribution in [2.24, 2.45) is 0 Å². The first-order chi connectivity index (χ1) is 10.1. The van der Waals surface area contributed by atoms with Crippen molar-refractivity contribution in [1.82, 2.24) is 9.78 Å². The molecule has 0 bridgehead atoms. The SMILES string of the molecule is CC(Nc1cccc(Cl)c1-n1cccn1)c1cc(Br)cs1. The van der Waals surface area contributed by atoms with E-state index in [-0.39, 0.29) is 6.04 Å². The van der Waals surface area contributed by atoms with Gasteiger partial charge in [-0.2, -0.15) is 5.10 Å². The summed E-state index contributed by atoms with van der Waals surface area (Å²) in [5.74, 6) is 0. The summed E-state index contributed by atoms with van der Waals surface area (Å²) >= 11 is 11.6. The lowest BCUT2D eigenvalue weighted by molar-refractivity contribution is 0.862. The Kier molecular flexibility index (Phi) is 4.33. The number of benzene rings is 1. The van der Waals surface area contributed by atoms with Crippen LogP contribution in [0.4, 0.5) is 5.69 Å². The number of hydrogen-bond acceptors (Lipinski definition) is 3. The first kappa shape index (κ1) is 14.6. The zero-order valence-electron chi connectivity index (χ0n) is 11.3. The maximum Gasteiger partial charge on any atom is 0.106 e. The van der Waals surface area contributed by atoms with Gasteiger partial charge in [-0.05, 0) is 47.1 Å². The van der Waals surface area contributed by atoms with Crippen molar-refractivity contribution in [1.29, 1.82) is 0 Å². The number of hydrogen-bond donors (Lipinski definition) is 1. The lowest BCUT2D eigenvalue weighted by Crippen LogP contribution is -2.09. The number of rotatable bonds is 4. The van der Waals surface area contributed by atoms with Crippen molar-refractivity contribution in [3.63, 3.8) is 0 Å². The van der Waals surface area contributed by atoms with Crippen molar-refractivity contribution >= 4 is 44.6 Å². The van der Waals surface area contributed by atoms with Crippen LogP contribution in [-0.4, -0.2) is 9.78 Å². The van der Waals surface area contributed by atoms with E-state index in [1.165, 1.54) is 4.88 Å². The third kappa shape index (κ3) is 3.15. The smallest absolute Gasteiger partial charge is 0.106 e. The first-order valence-corrected chi connectivity index (χ1v) is 8.49. The molecule has 0 aliphatic heterocycles. The largest absolute Gasteiger partial charge is 0.376 e. The number of nitrogens with one attached hydrogen (secondary N) is 1. The van der Waals surface area contributed by atoms with Crippen LogP contribution in [-0.2, 0) is 0 Å². The highest BCUT2D eigenvalue weighted by Crippen LogP contribution is 2.33. The average Bonchev–Trinajstić information content (AvgIpc) is 3.10. The lowest BCUT2D eigenvalue weighted by Gasteiger charge is -2.18. The molecule has 0 amide bonds. The van der Waals surface area contributed by atoms with Crippen LogP contribution in [0.25, 0.3) is 5.69 Å². The summed E-state index contributed by atoms with van der Waals surface area (Å²) in [4.78, 5) is 1.26. The second kappa shape index (κ2) is 6.22. The molecule has 0 fully saturated rings. The van der Waals surface area contributed by atoms with Gasteiger partial charge in [-0.1, -0.05) is 17.7 Å². The summed E-state index contributed by atoms with van der Waals surface area (Å²) in [5.41, 5.74) is 1.83. The maximum atomic E-state index is 6.35. The number of anilines is 1. The third-order valence-corrected chi connectivity index (χ3v) is 5.29. The highest BCUT2D eigenvalue weighted by molar-refractivity contribution is 9.10. The second-order valence-electron chi connectivity index (χ2n) is 4.62. The molecule has 3 aromatic rings. The van der Waals surface area contributed by atoms with E-state index < -0.39 is 0 Å². The van der Waals surface area contributed by atoms with E-state index in [9.17, 15) is 0 Å². The molecule has 0 radical (unpaired) electrons. The monoisotopic (exact) mass is 381 g/mol. The van der Waals surface area contributed by atoms with E-state index in [2.05, 4.69) is 44.7 Å². The minimum Gasteiger partial charge on any atom is -0.376 e. The maximum absolute atomic E-state index is 6.35. The van der Waals surface area contributed by atoms with Gasteiger partial charge in [0.2, 0.25) is 0 Å². The van der Waals surface area contributed by atoms with Gasteiger partial charge >= 0.3 is 0 Å². The second-order valence-corrected chi connectivity index (χ2v) is 6.89. The van der Waals surface area contributed by atoms with Crippen molar-refractivity contribution in [2.75, 3.05) is 5.32 Å². The predicted molar refractivity (Wildman–Crippen MR) is 92.6 cm³/mol. The Hall–Kier alpha value is -1.30. The van der Waals surface area contributed by atoms with Crippen LogP contribution >= 0.6 is 38.9 Å². The van der Waals surface area contributed by atoms with Gasteiger partial charge in [0.25, 0.3) is 0 Å². The van der Waals surface area contributed by atoms with Crippen molar-refractivity contribution in [2.45, 2.75) is 13.0 Å². The number of para-hydroxylation sites is 1. The molecule has 0 aliphatic rings. The van der Waals surface area contributed by atoms with Gasteiger partial charge in [-0.25, -0.2) is 4.68 Å². The highest BCUT2D eigenvalue weighted by Gasteiger charge is 2.14. The van der Waals surface area contributed by atoms with Gasteiger partial charge in [0.15, 0.2) is 0 Å². The topological polar surface area (TPSA) is 29.9 Å². The molecule has 1 aromatic carbocycles. The standard InChI is InChI=1S/C15H13BrClN3S/c1-10(14-8-11(16)9-21-14)19-13-5-2-4-12(17)15(13)20-7-3-6-18-20/h2-10,19H,1H3. The summed E-state index contributed by atoms with van der Waals surface area (Å²) in [6, 6.07) is 10.0. The Morgan fingerprint density at radius 1 is 1.38 bits per heavy atom. The Labute approximate surface area is 140 Å². The van der Waals surface area contributed by atoms with Crippen molar-refractivity contribution < 1.29 is 0 Å². The number of nitrogens with zero attached hydrogens (tertiary/aromatic N) is 2. The Morgan fingerprint density at radius 3 is 2.90 bits per heavy atom. The van der Waals surface area contributed by atoms with Crippen LogP contribution in [0.1, 0.15) is 17.8 Å². The molecule has 3 nitrogen and oxygen atoms in total. The predicted octanol–water partition coefficient (Wildman–Crippen LogP) is 5.52. The van der Waals surface area contributed by atoms with E-state index in [1.54, 1.807) is 22.2 Å². The summed E-state index contributed by atoms with van der Waals surface area (Å²) in [7, 11) is 0. The quantitative estimate of drug-likeness (QED) is 0.643. The van der Waals surface area contributed by atoms with Gasteiger partial charge < -0.3 is 5.32 Å². The van der Waals surface area contributed by atoms with Crippen LogP contribution in [0.3, 0.4) is 0 Å². The van der Waals surface area contributed by atoms with Gasteiger partial charge in [0, 0.05) is 27.1 Å². The molecule has 2 aromatic heterocycles. The minimum absolute atomic E-state index is 0.189. The molecule has 1 N–H and O–H groups in total. The average molecular weight is 383 g/mol. The zero-order valence-corrected chi connectivity index (χ0v) is 14.4. The van der Waals surface area contributed by atoms with Crippen LogP contribution in [0.2, 0.25) is 5.02 Å². The summed E-state index contributed by atoms with van der Waals surface area (Å²) in [6.45, 7) is 2.13. The lowest BCUT2D eigenvalue weighted by atomic mass is 10.2. The Balaban J connectivity index is 1.94. The van der Waals surface area contributed by atoms with E-state index in [1.807, 2.05) is 30.5 Å². The Bertz CT molecular complexity index is 739. The zero-order chi connectivity index (χ0) is 14.8. The molecule has 1 atom stereocenters. The number of aromatic nitrogens is 2. The number of thiophene rings is 1. The van der Waals surface area contributed by atoms with Gasteiger partial charge in [0.05, 0.1) is 16.8 Å². The van der Waals surface area contributed by atoms with Crippen LogP contribution in [0, 0.1) is 0 Å². The third-order valence-electron chi connectivity index (χ3n) is 3.11. The Morgan fingerprint density at radius 2 is 2.24 bits per heavy atom. The molecule has 3 rings (SSSR count). The van der Waals surface area contributed by atoms with Crippen LogP contribution < -0.4 is 5.32 Å². The fourth-order valence-corrected chi connectivity index (χ4v) is 3.84. The van der Waals surface area contributed by atoms with Crippen molar-refractivity contribution in [3.05, 3.63) is 62.5 Å². The summed E-state index contributed by atoms with van der Waals surface area (Å²) < 4.78 is 2.89. The fourth-order valence-electron chi connectivity index (χ4n) is 2.13. The van der Waals surface area contributed by atoms with E-state index in [4.69, 9.17) is 11.6 Å². The normalized spacial score (nSPS) is 12.3. The van der Waals surface area contributed by atoms with E-state index >= 15 is 0 Å². The van der Waals surface area contributed by atoms with E-state index in [0.29, 0.717) is 5.02 Å². The number of halogens is 2.